The summed E-state index contributed by atoms with van der Waals surface area (Å²) in [6.45, 7) is 1.58. The maximum atomic E-state index is 12.8. The molecule has 3 N–H and O–H groups in total. The largest absolute Gasteiger partial charge is 0.508 e. The van der Waals surface area contributed by atoms with Gasteiger partial charge >= 0.3 is 5.97 Å². The van der Waals surface area contributed by atoms with E-state index in [9.17, 15) is 14.3 Å². The third kappa shape index (κ3) is 3.21. The number of phenols is 1. The van der Waals surface area contributed by atoms with Gasteiger partial charge in [0.05, 0.1) is 0 Å². The number of carboxylic acid groups (broad SMARTS) is 1. The maximum absolute atomic E-state index is 12.8. The SMILES string of the molecule is CC(NCc1cc(F)ccc1O)C(=O)O. The molecule has 1 aromatic rings. The molecule has 4 nitrogen and oxygen atoms in total. The van der Waals surface area contributed by atoms with Crippen LogP contribution in [0.2, 0.25) is 0 Å². The number of hydrogen-bond donors (Lipinski definition) is 3. The fourth-order valence-corrected chi connectivity index (χ4v) is 1.05. The van der Waals surface area contributed by atoms with Crippen LogP contribution in [-0.2, 0) is 11.3 Å². The lowest BCUT2D eigenvalue weighted by atomic mass is 10.2. The lowest BCUT2D eigenvalue weighted by molar-refractivity contribution is -0.139. The van der Waals surface area contributed by atoms with Crippen LogP contribution in [-0.4, -0.2) is 22.2 Å². The second kappa shape index (κ2) is 4.75. The van der Waals surface area contributed by atoms with Crippen molar-refractivity contribution in [2.75, 3.05) is 0 Å². The van der Waals surface area contributed by atoms with Gasteiger partial charge in [0.15, 0.2) is 0 Å². The van der Waals surface area contributed by atoms with Gasteiger partial charge < -0.3 is 15.5 Å². The first-order valence-corrected chi connectivity index (χ1v) is 4.44. The average Bonchev–Trinajstić information content (AvgIpc) is 2.18. The number of rotatable bonds is 4. The molecular weight excluding hydrogens is 201 g/mol. The molecule has 0 spiro atoms. The first-order chi connectivity index (χ1) is 7.00. The number of nitrogens with one attached hydrogen (secondary N) is 1. The van der Waals surface area contributed by atoms with Crippen molar-refractivity contribution in [3.05, 3.63) is 29.6 Å². The van der Waals surface area contributed by atoms with Crippen LogP contribution in [0.3, 0.4) is 0 Å². The Kier molecular flexibility index (Phi) is 3.62. The van der Waals surface area contributed by atoms with E-state index in [0.717, 1.165) is 12.1 Å². The standard InChI is InChI=1S/C10H12FNO3/c1-6(10(14)15)12-5-7-4-8(11)2-3-9(7)13/h2-4,6,12-13H,5H2,1H3,(H,14,15). The number of aromatic hydroxyl groups is 1. The molecule has 0 aliphatic rings. The highest BCUT2D eigenvalue weighted by atomic mass is 19.1. The summed E-state index contributed by atoms with van der Waals surface area (Å²) in [5, 5.41) is 20.6. The molecule has 0 bridgehead atoms. The van der Waals surface area contributed by atoms with Crippen LogP contribution in [0.15, 0.2) is 18.2 Å². The van der Waals surface area contributed by atoms with Crippen molar-refractivity contribution in [1.82, 2.24) is 5.32 Å². The topological polar surface area (TPSA) is 69.6 Å². The molecule has 1 atom stereocenters. The van der Waals surface area contributed by atoms with Crippen LogP contribution in [0.4, 0.5) is 4.39 Å². The Morgan fingerprint density at radius 2 is 2.27 bits per heavy atom. The van der Waals surface area contributed by atoms with Gasteiger partial charge in [0.25, 0.3) is 0 Å². The zero-order valence-corrected chi connectivity index (χ0v) is 8.20. The van der Waals surface area contributed by atoms with E-state index in [4.69, 9.17) is 5.11 Å². The average molecular weight is 213 g/mol. The molecule has 0 saturated heterocycles. The molecule has 0 aliphatic carbocycles. The Balaban J connectivity index is 2.65. The van der Waals surface area contributed by atoms with Crippen LogP contribution >= 0.6 is 0 Å². The van der Waals surface area contributed by atoms with Gasteiger partial charge in [-0.1, -0.05) is 0 Å². The Hall–Kier alpha value is -1.62. The molecule has 0 heterocycles. The molecule has 1 aromatic carbocycles. The van der Waals surface area contributed by atoms with E-state index in [1.54, 1.807) is 0 Å². The third-order valence-corrected chi connectivity index (χ3v) is 2.01. The van der Waals surface area contributed by atoms with Crippen molar-refractivity contribution in [2.45, 2.75) is 19.5 Å². The van der Waals surface area contributed by atoms with Gasteiger partial charge in [0.1, 0.15) is 17.6 Å². The van der Waals surface area contributed by atoms with Gasteiger partial charge in [-0.25, -0.2) is 4.39 Å². The number of carbonyl (C=O) groups is 1. The molecule has 0 amide bonds. The Bertz CT molecular complexity index is 368. The van der Waals surface area contributed by atoms with Crippen LogP contribution in [0.1, 0.15) is 12.5 Å². The maximum Gasteiger partial charge on any atom is 0.320 e. The van der Waals surface area contributed by atoms with Crippen LogP contribution in [0, 0.1) is 5.82 Å². The van der Waals surface area contributed by atoms with E-state index in [1.807, 2.05) is 0 Å². The molecule has 1 rings (SSSR count). The van der Waals surface area contributed by atoms with Gasteiger partial charge in [-0.2, -0.15) is 0 Å². The third-order valence-electron chi connectivity index (χ3n) is 2.01. The smallest absolute Gasteiger partial charge is 0.320 e. The highest BCUT2D eigenvalue weighted by Gasteiger charge is 2.10. The number of halogens is 1. The van der Waals surface area contributed by atoms with Crippen molar-refractivity contribution in [3.8, 4) is 5.75 Å². The first kappa shape index (κ1) is 11.5. The van der Waals surface area contributed by atoms with E-state index >= 15 is 0 Å². The normalized spacial score (nSPS) is 12.4. The fraction of sp³-hybridized carbons (Fsp3) is 0.300. The summed E-state index contributed by atoms with van der Waals surface area (Å²) in [6, 6.07) is 2.79. The highest BCUT2D eigenvalue weighted by molar-refractivity contribution is 5.72. The Morgan fingerprint density at radius 3 is 2.87 bits per heavy atom. The summed E-state index contributed by atoms with van der Waals surface area (Å²) < 4.78 is 12.8. The molecule has 82 valence electrons. The predicted octanol–water partition coefficient (Wildman–Crippen LogP) is 1.09. The van der Waals surface area contributed by atoms with Gasteiger partial charge in [0.2, 0.25) is 0 Å². The highest BCUT2D eigenvalue weighted by Crippen LogP contribution is 2.17. The van der Waals surface area contributed by atoms with Crippen molar-refractivity contribution in [1.29, 1.82) is 0 Å². The van der Waals surface area contributed by atoms with E-state index in [-0.39, 0.29) is 12.3 Å². The summed E-state index contributed by atoms with van der Waals surface area (Å²) in [4.78, 5) is 10.5. The summed E-state index contributed by atoms with van der Waals surface area (Å²) in [5.41, 5.74) is 0.336. The first-order valence-electron chi connectivity index (χ1n) is 4.44. The minimum Gasteiger partial charge on any atom is -0.508 e. The van der Waals surface area contributed by atoms with Crippen molar-refractivity contribution < 1.29 is 19.4 Å². The summed E-state index contributed by atoms with van der Waals surface area (Å²) in [6.07, 6.45) is 0. The number of hydrogen-bond acceptors (Lipinski definition) is 3. The molecule has 0 aliphatic heterocycles. The number of carboxylic acids is 1. The number of phenolic OH excluding ortho intramolecular Hbond substituents is 1. The molecule has 0 saturated carbocycles. The van der Waals surface area contributed by atoms with Gasteiger partial charge in [-0.15, -0.1) is 0 Å². The minimum atomic E-state index is -0.995. The van der Waals surface area contributed by atoms with Crippen LogP contribution in [0.25, 0.3) is 0 Å². The molecule has 0 radical (unpaired) electrons. The quantitative estimate of drug-likeness (QED) is 0.700. The molecule has 1 unspecified atom stereocenters. The molecule has 5 heteroatoms. The Labute approximate surface area is 86.4 Å². The van der Waals surface area contributed by atoms with E-state index in [0.29, 0.717) is 5.56 Å². The summed E-state index contributed by atoms with van der Waals surface area (Å²) >= 11 is 0. The van der Waals surface area contributed by atoms with Gasteiger partial charge in [0, 0.05) is 12.1 Å². The van der Waals surface area contributed by atoms with Crippen molar-refractivity contribution >= 4 is 5.97 Å². The molecular formula is C10H12FNO3. The van der Waals surface area contributed by atoms with Crippen LogP contribution < -0.4 is 5.32 Å². The van der Waals surface area contributed by atoms with Crippen LogP contribution in [0.5, 0.6) is 5.75 Å². The van der Waals surface area contributed by atoms with E-state index in [1.165, 1.54) is 13.0 Å². The predicted molar refractivity (Wildman–Crippen MR) is 52.0 cm³/mol. The zero-order chi connectivity index (χ0) is 11.4. The molecule has 0 fully saturated rings. The lowest BCUT2D eigenvalue weighted by Crippen LogP contribution is -2.33. The molecule has 15 heavy (non-hydrogen) atoms. The van der Waals surface area contributed by atoms with E-state index < -0.39 is 17.8 Å². The van der Waals surface area contributed by atoms with Gasteiger partial charge in [-0.3, -0.25) is 4.79 Å². The summed E-state index contributed by atoms with van der Waals surface area (Å²) in [5.74, 6) is -1.51. The second-order valence-corrected chi connectivity index (χ2v) is 3.21. The number of aliphatic carboxylic acids is 1. The van der Waals surface area contributed by atoms with Crippen molar-refractivity contribution in [3.63, 3.8) is 0 Å². The zero-order valence-electron chi connectivity index (χ0n) is 8.20. The fourth-order valence-electron chi connectivity index (χ4n) is 1.05. The number of benzene rings is 1. The monoisotopic (exact) mass is 213 g/mol. The second-order valence-electron chi connectivity index (χ2n) is 3.21. The van der Waals surface area contributed by atoms with E-state index in [2.05, 4.69) is 5.32 Å². The lowest BCUT2D eigenvalue weighted by Gasteiger charge is -2.10. The van der Waals surface area contributed by atoms with Crippen molar-refractivity contribution in [2.24, 2.45) is 0 Å². The van der Waals surface area contributed by atoms with Gasteiger partial charge in [-0.05, 0) is 25.1 Å². The molecule has 0 aromatic heterocycles. The Morgan fingerprint density at radius 1 is 1.60 bits per heavy atom. The minimum absolute atomic E-state index is 0.0542. The summed E-state index contributed by atoms with van der Waals surface area (Å²) in [7, 11) is 0.